The van der Waals surface area contributed by atoms with E-state index in [0.717, 1.165) is 28.8 Å². The number of benzene rings is 2. The fourth-order valence-electron chi connectivity index (χ4n) is 4.35. The minimum absolute atomic E-state index is 0.122. The number of nitrogens with zero attached hydrogens (tertiary/aromatic N) is 3. The number of nitrogens with one attached hydrogen (secondary N) is 2. The summed E-state index contributed by atoms with van der Waals surface area (Å²) < 4.78 is 7.46. The van der Waals surface area contributed by atoms with Crippen molar-refractivity contribution in [3.05, 3.63) is 71.5 Å². The van der Waals surface area contributed by atoms with Crippen LogP contribution in [0, 0.1) is 5.92 Å². The molecule has 0 saturated carbocycles. The topological polar surface area (TPSA) is 106 Å². The van der Waals surface area contributed by atoms with Crippen molar-refractivity contribution in [1.82, 2.24) is 25.3 Å². The molecule has 2 aromatic carbocycles. The highest BCUT2D eigenvalue weighted by atomic mass is 16.5. The molecule has 4 rings (SSSR count). The summed E-state index contributed by atoms with van der Waals surface area (Å²) in [5, 5.41) is 9.35. The van der Waals surface area contributed by atoms with Gasteiger partial charge < -0.3 is 15.0 Å². The van der Waals surface area contributed by atoms with E-state index in [0.29, 0.717) is 36.8 Å². The predicted molar refractivity (Wildman–Crippen MR) is 135 cm³/mol. The highest BCUT2D eigenvalue weighted by Gasteiger charge is 2.30. The second-order valence-corrected chi connectivity index (χ2v) is 9.19. The van der Waals surface area contributed by atoms with Gasteiger partial charge >= 0.3 is 6.03 Å². The number of hydrogen-bond acceptors (Lipinski definition) is 5. The minimum atomic E-state index is -0.628. The first kappa shape index (κ1) is 25.0. The Hall–Kier alpha value is -4.14. The third-order valence-corrected chi connectivity index (χ3v) is 6.00. The molecular weight excluding hydrogens is 458 g/mol. The Labute approximate surface area is 210 Å². The first-order chi connectivity index (χ1) is 17.4. The molecule has 9 heteroatoms. The van der Waals surface area contributed by atoms with Crippen LogP contribution in [0.4, 0.5) is 4.79 Å². The number of aromatic nitrogens is 2. The van der Waals surface area contributed by atoms with Crippen molar-refractivity contribution in [2.24, 2.45) is 5.92 Å². The van der Waals surface area contributed by atoms with Gasteiger partial charge in [-0.15, -0.1) is 0 Å². The second kappa shape index (κ2) is 11.1. The number of fused-ring (bicyclic) bond motifs is 1. The van der Waals surface area contributed by atoms with Crippen LogP contribution in [-0.2, 0) is 17.9 Å². The summed E-state index contributed by atoms with van der Waals surface area (Å²) in [6.45, 7) is 8.22. The van der Waals surface area contributed by atoms with Crippen molar-refractivity contribution in [1.29, 1.82) is 0 Å². The predicted octanol–water partition coefficient (Wildman–Crippen LogP) is 3.76. The van der Waals surface area contributed by atoms with Gasteiger partial charge in [0.2, 0.25) is 6.41 Å². The van der Waals surface area contributed by atoms with Gasteiger partial charge in [-0.25, -0.2) is 4.79 Å². The van der Waals surface area contributed by atoms with E-state index in [1.165, 1.54) is 0 Å². The zero-order valence-corrected chi connectivity index (χ0v) is 20.7. The van der Waals surface area contributed by atoms with Crippen molar-refractivity contribution in [3.8, 4) is 16.9 Å². The monoisotopic (exact) mass is 489 g/mol. The highest BCUT2D eigenvalue weighted by molar-refractivity contribution is 5.98. The molecule has 3 aromatic rings. The normalized spacial score (nSPS) is 13.4. The van der Waals surface area contributed by atoms with Crippen LogP contribution in [0.5, 0.6) is 5.75 Å². The molecular formula is C27H31N5O4. The first-order valence-electron chi connectivity index (χ1n) is 12.1. The van der Waals surface area contributed by atoms with Crippen LogP contribution in [0.25, 0.3) is 11.1 Å². The van der Waals surface area contributed by atoms with Crippen LogP contribution in [0.1, 0.15) is 48.3 Å². The Bertz CT molecular complexity index is 1240. The number of ether oxygens (including phenoxy) is 1. The molecule has 0 aliphatic carbocycles. The Balaban J connectivity index is 1.53. The molecule has 1 aromatic heterocycles. The zero-order chi connectivity index (χ0) is 25.7. The molecule has 188 valence electrons. The van der Waals surface area contributed by atoms with Crippen molar-refractivity contribution >= 4 is 18.3 Å². The summed E-state index contributed by atoms with van der Waals surface area (Å²) in [4.78, 5) is 37.8. The van der Waals surface area contributed by atoms with Crippen LogP contribution in [0.3, 0.4) is 0 Å². The SMILES string of the molecule is CCOc1ccc2c(c1)C(=O)N(C[C@H](NC(=O)NC=O)c1ccc(-c3cnn(CC(C)C)c3)cc1)C2. The number of imide groups is 1. The second-order valence-electron chi connectivity index (χ2n) is 9.19. The lowest BCUT2D eigenvalue weighted by atomic mass is 10.0. The first-order valence-corrected chi connectivity index (χ1v) is 12.1. The van der Waals surface area contributed by atoms with Gasteiger partial charge in [0.15, 0.2) is 0 Å². The van der Waals surface area contributed by atoms with Crippen molar-refractivity contribution < 1.29 is 19.1 Å². The molecule has 0 spiro atoms. The van der Waals surface area contributed by atoms with Crippen molar-refractivity contribution in [2.45, 2.75) is 39.9 Å². The number of carbonyl (C=O) groups is 3. The average Bonchev–Trinajstić information content (AvgIpc) is 3.43. The third-order valence-electron chi connectivity index (χ3n) is 6.00. The van der Waals surface area contributed by atoms with Gasteiger partial charge in [0.25, 0.3) is 5.91 Å². The summed E-state index contributed by atoms with van der Waals surface area (Å²) in [5.74, 6) is 1.02. The van der Waals surface area contributed by atoms with E-state index in [4.69, 9.17) is 4.74 Å². The molecule has 2 heterocycles. The number of amides is 4. The van der Waals surface area contributed by atoms with Gasteiger partial charge in [0.05, 0.1) is 18.8 Å². The standard InChI is InChI=1S/C27H31N5O4/c1-4-36-23-10-9-21-14-31(26(34)24(21)11-23)16-25(30-27(35)28-17-33)20-7-5-19(6-8-20)22-12-29-32(15-22)13-18(2)3/h5-12,15,17-18,25H,4,13-14,16H2,1-3H3,(H2,28,30,33,35)/t25-/m0/s1. The fraction of sp³-hybridized carbons (Fsp3) is 0.333. The van der Waals surface area contributed by atoms with E-state index in [1.54, 1.807) is 11.0 Å². The van der Waals surface area contributed by atoms with E-state index in [2.05, 4.69) is 29.6 Å². The molecule has 1 aliphatic heterocycles. The smallest absolute Gasteiger partial charge is 0.321 e. The highest BCUT2D eigenvalue weighted by Crippen LogP contribution is 2.29. The Morgan fingerprint density at radius 3 is 2.61 bits per heavy atom. The van der Waals surface area contributed by atoms with Gasteiger partial charge in [-0.05, 0) is 41.7 Å². The molecule has 36 heavy (non-hydrogen) atoms. The van der Waals surface area contributed by atoms with Crippen LogP contribution in [0.15, 0.2) is 54.9 Å². The maximum absolute atomic E-state index is 13.1. The van der Waals surface area contributed by atoms with E-state index in [-0.39, 0.29) is 12.5 Å². The zero-order valence-electron chi connectivity index (χ0n) is 20.7. The summed E-state index contributed by atoms with van der Waals surface area (Å²) in [6, 6.07) is 12.1. The number of rotatable bonds is 10. The molecule has 0 saturated heterocycles. The lowest BCUT2D eigenvalue weighted by Crippen LogP contribution is -2.42. The van der Waals surface area contributed by atoms with Gasteiger partial charge in [-0.3, -0.25) is 19.6 Å². The van der Waals surface area contributed by atoms with Crippen LogP contribution >= 0.6 is 0 Å². The third kappa shape index (κ3) is 5.73. The van der Waals surface area contributed by atoms with Crippen LogP contribution < -0.4 is 15.4 Å². The minimum Gasteiger partial charge on any atom is -0.494 e. The number of hydrogen-bond donors (Lipinski definition) is 2. The number of carbonyl (C=O) groups excluding carboxylic acids is 3. The Kier molecular flexibility index (Phi) is 7.68. The van der Waals surface area contributed by atoms with Gasteiger partial charge in [-0.1, -0.05) is 44.2 Å². The lowest BCUT2D eigenvalue weighted by molar-refractivity contribution is -0.108. The summed E-state index contributed by atoms with van der Waals surface area (Å²) >= 11 is 0. The Morgan fingerprint density at radius 2 is 1.92 bits per heavy atom. The maximum Gasteiger partial charge on any atom is 0.321 e. The number of urea groups is 1. The van der Waals surface area contributed by atoms with Crippen molar-refractivity contribution in [2.75, 3.05) is 13.2 Å². The average molecular weight is 490 g/mol. The lowest BCUT2D eigenvalue weighted by Gasteiger charge is -2.25. The van der Waals surface area contributed by atoms with Crippen molar-refractivity contribution in [3.63, 3.8) is 0 Å². The van der Waals surface area contributed by atoms with Crippen LogP contribution in [-0.4, -0.2) is 46.2 Å². The van der Waals surface area contributed by atoms with Gasteiger partial charge in [0.1, 0.15) is 5.75 Å². The molecule has 0 radical (unpaired) electrons. The molecule has 1 atom stereocenters. The molecule has 0 fully saturated rings. The van der Waals surface area contributed by atoms with E-state index in [1.807, 2.05) is 60.4 Å². The molecule has 4 amide bonds. The fourth-order valence-corrected chi connectivity index (χ4v) is 4.35. The van der Waals surface area contributed by atoms with E-state index >= 15 is 0 Å². The largest absolute Gasteiger partial charge is 0.494 e. The van der Waals surface area contributed by atoms with Gasteiger partial charge in [0, 0.05) is 37.0 Å². The van der Waals surface area contributed by atoms with E-state index in [9.17, 15) is 14.4 Å². The molecule has 2 N–H and O–H groups in total. The van der Waals surface area contributed by atoms with E-state index < -0.39 is 12.1 Å². The summed E-state index contributed by atoms with van der Waals surface area (Å²) in [7, 11) is 0. The Morgan fingerprint density at radius 1 is 1.14 bits per heavy atom. The summed E-state index contributed by atoms with van der Waals surface area (Å²) in [5.41, 5.74) is 4.32. The quantitative estimate of drug-likeness (QED) is 0.422. The maximum atomic E-state index is 13.1. The molecule has 9 nitrogen and oxygen atoms in total. The van der Waals surface area contributed by atoms with Gasteiger partial charge in [-0.2, -0.15) is 5.10 Å². The van der Waals surface area contributed by atoms with Crippen LogP contribution in [0.2, 0.25) is 0 Å². The molecule has 0 bridgehead atoms. The summed E-state index contributed by atoms with van der Waals surface area (Å²) in [6.07, 6.45) is 4.18. The molecule has 0 unspecified atom stereocenters. The molecule has 1 aliphatic rings.